The zero-order chi connectivity index (χ0) is 5.28. The fourth-order valence-corrected chi connectivity index (χ4v) is 0.758. The number of rotatable bonds is 0. The molecule has 38 valence electrons. The minimum atomic E-state index is 1.30. The van der Waals surface area contributed by atoms with Crippen molar-refractivity contribution in [3.05, 3.63) is 21.5 Å². The number of hydrogen-bond acceptors (Lipinski definition) is 0. The summed E-state index contributed by atoms with van der Waals surface area (Å²) in [5.74, 6) is 0. The van der Waals surface area contributed by atoms with Crippen molar-refractivity contribution in [1.82, 2.24) is 4.98 Å². The summed E-state index contributed by atoms with van der Waals surface area (Å²) in [5.41, 5.74) is 1.32. The van der Waals surface area contributed by atoms with Gasteiger partial charge in [-0.25, -0.2) is 0 Å². The molecule has 0 spiro atoms. The van der Waals surface area contributed by atoms with Crippen molar-refractivity contribution in [3.63, 3.8) is 0 Å². The first-order chi connectivity index (χ1) is 3.30. The maximum Gasteiger partial charge on any atom is 0.0334 e. The molecule has 1 N–H and O–H groups in total. The summed E-state index contributed by atoms with van der Waals surface area (Å²) in [4.78, 5) is 2.99. The van der Waals surface area contributed by atoms with Crippen molar-refractivity contribution in [2.45, 2.75) is 6.92 Å². The van der Waals surface area contributed by atoms with Gasteiger partial charge in [-0.2, -0.15) is 0 Å². The predicted octanol–water partition coefficient (Wildman–Crippen LogP) is 1.93. The van der Waals surface area contributed by atoms with E-state index in [1.165, 1.54) is 9.13 Å². The standard InChI is InChI=1S/C5H6IN/c1-4-2-7-3-5(4)6/h2-3,7H,1H3. The van der Waals surface area contributed by atoms with Crippen LogP contribution < -0.4 is 0 Å². The molecule has 0 saturated heterocycles. The molecule has 7 heavy (non-hydrogen) atoms. The number of aromatic amines is 1. The van der Waals surface area contributed by atoms with E-state index >= 15 is 0 Å². The Kier molecular flexibility index (Phi) is 1.37. The van der Waals surface area contributed by atoms with Gasteiger partial charge >= 0.3 is 0 Å². The Balaban J connectivity index is 3.12. The van der Waals surface area contributed by atoms with Gasteiger partial charge in [-0.1, -0.05) is 0 Å². The third-order valence-corrected chi connectivity index (χ3v) is 2.05. The van der Waals surface area contributed by atoms with Crippen LogP contribution in [0.2, 0.25) is 0 Å². The van der Waals surface area contributed by atoms with Gasteiger partial charge in [-0.15, -0.1) is 0 Å². The molecule has 1 rings (SSSR count). The smallest absolute Gasteiger partial charge is 0.0334 e. The summed E-state index contributed by atoms with van der Waals surface area (Å²) in [6.07, 6.45) is 3.97. The molecule has 1 nitrogen and oxygen atoms in total. The highest BCUT2D eigenvalue weighted by Gasteiger charge is 1.88. The number of nitrogens with one attached hydrogen (secondary N) is 1. The molecule has 0 atom stereocenters. The first-order valence-electron chi connectivity index (χ1n) is 2.09. The Morgan fingerprint density at radius 2 is 2.29 bits per heavy atom. The first-order valence-corrected chi connectivity index (χ1v) is 3.17. The second-order valence-corrected chi connectivity index (χ2v) is 2.65. The summed E-state index contributed by atoms with van der Waals surface area (Å²) in [6.45, 7) is 2.08. The molecule has 0 unspecified atom stereocenters. The van der Waals surface area contributed by atoms with E-state index in [2.05, 4.69) is 34.5 Å². The number of aromatic nitrogens is 1. The van der Waals surface area contributed by atoms with Gasteiger partial charge in [0.2, 0.25) is 0 Å². The highest BCUT2D eigenvalue weighted by atomic mass is 127. The van der Waals surface area contributed by atoms with Gasteiger partial charge in [0.15, 0.2) is 0 Å². The van der Waals surface area contributed by atoms with Crippen molar-refractivity contribution in [2.75, 3.05) is 0 Å². The normalized spacial score (nSPS) is 9.43. The van der Waals surface area contributed by atoms with Gasteiger partial charge in [0.05, 0.1) is 0 Å². The molecule has 1 heterocycles. The average molecular weight is 207 g/mol. The molecule has 0 saturated carbocycles. The van der Waals surface area contributed by atoms with Crippen LogP contribution in [0.25, 0.3) is 0 Å². The zero-order valence-corrected chi connectivity index (χ0v) is 6.19. The number of H-pyrrole nitrogens is 1. The van der Waals surface area contributed by atoms with Crippen LogP contribution in [0.5, 0.6) is 0 Å². The Morgan fingerprint density at radius 3 is 2.43 bits per heavy atom. The van der Waals surface area contributed by atoms with Gasteiger partial charge in [-0.05, 0) is 35.1 Å². The van der Waals surface area contributed by atoms with Crippen molar-refractivity contribution in [1.29, 1.82) is 0 Å². The van der Waals surface area contributed by atoms with Crippen LogP contribution >= 0.6 is 22.6 Å². The molecule has 0 aliphatic carbocycles. The summed E-state index contributed by atoms with van der Waals surface area (Å²) in [5, 5.41) is 0. The lowest BCUT2D eigenvalue weighted by molar-refractivity contribution is 1.39. The van der Waals surface area contributed by atoms with Crippen LogP contribution in [-0.4, -0.2) is 4.98 Å². The van der Waals surface area contributed by atoms with Crippen molar-refractivity contribution >= 4 is 22.6 Å². The topological polar surface area (TPSA) is 15.8 Å². The molecule has 0 aliphatic rings. The average Bonchev–Trinajstić information content (AvgIpc) is 1.91. The Hall–Kier alpha value is 0.01000. The van der Waals surface area contributed by atoms with E-state index in [0.717, 1.165) is 0 Å². The minimum Gasteiger partial charge on any atom is -0.366 e. The maximum absolute atomic E-state index is 2.99. The first kappa shape index (κ1) is 5.15. The van der Waals surface area contributed by atoms with E-state index < -0.39 is 0 Å². The summed E-state index contributed by atoms with van der Waals surface area (Å²) < 4.78 is 1.30. The summed E-state index contributed by atoms with van der Waals surface area (Å²) >= 11 is 2.29. The van der Waals surface area contributed by atoms with Crippen LogP contribution in [0.3, 0.4) is 0 Å². The molecule has 2 heteroatoms. The fraction of sp³-hybridized carbons (Fsp3) is 0.200. The third kappa shape index (κ3) is 0.964. The SMILES string of the molecule is Cc1c[nH]cc1I. The number of hydrogen-bond donors (Lipinski definition) is 1. The van der Waals surface area contributed by atoms with E-state index in [1.54, 1.807) is 0 Å². The zero-order valence-electron chi connectivity index (χ0n) is 4.03. The largest absolute Gasteiger partial charge is 0.366 e. The molecular formula is C5H6IN. The lowest BCUT2D eigenvalue weighted by Crippen LogP contribution is -1.62. The molecule has 0 radical (unpaired) electrons. The summed E-state index contributed by atoms with van der Waals surface area (Å²) in [6, 6.07) is 0. The van der Waals surface area contributed by atoms with Gasteiger partial charge in [0, 0.05) is 16.0 Å². The van der Waals surface area contributed by atoms with Crippen LogP contribution in [-0.2, 0) is 0 Å². The summed E-state index contributed by atoms with van der Waals surface area (Å²) in [7, 11) is 0. The number of aryl methyl sites for hydroxylation is 1. The van der Waals surface area contributed by atoms with Gasteiger partial charge in [0.25, 0.3) is 0 Å². The lowest BCUT2D eigenvalue weighted by Gasteiger charge is -1.76. The monoisotopic (exact) mass is 207 g/mol. The van der Waals surface area contributed by atoms with E-state index in [9.17, 15) is 0 Å². The minimum absolute atomic E-state index is 1.30. The van der Waals surface area contributed by atoms with E-state index in [-0.39, 0.29) is 0 Å². The molecule has 0 fully saturated rings. The van der Waals surface area contributed by atoms with Crippen LogP contribution in [0.4, 0.5) is 0 Å². The van der Waals surface area contributed by atoms with Gasteiger partial charge < -0.3 is 4.98 Å². The number of halogens is 1. The molecule has 0 aromatic carbocycles. The third-order valence-electron chi connectivity index (χ3n) is 0.887. The molecule has 1 aromatic rings. The molecule has 0 bridgehead atoms. The molecule has 0 amide bonds. The second kappa shape index (κ2) is 1.86. The van der Waals surface area contributed by atoms with Gasteiger partial charge in [-0.3, -0.25) is 0 Å². The molecular weight excluding hydrogens is 201 g/mol. The highest BCUT2D eigenvalue weighted by molar-refractivity contribution is 14.1. The second-order valence-electron chi connectivity index (χ2n) is 1.49. The highest BCUT2D eigenvalue weighted by Crippen LogP contribution is 2.07. The predicted molar refractivity (Wildman–Crippen MR) is 38.2 cm³/mol. The van der Waals surface area contributed by atoms with Crippen LogP contribution in [0.15, 0.2) is 12.4 Å². The van der Waals surface area contributed by atoms with Crippen LogP contribution in [0.1, 0.15) is 5.56 Å². The lowest BCUT2D eigenvalue weighted by atomic mass is 10.4. The Labute approximate surface area is 56.3 Å². The van der Waals surface area contributed by atoms with Crippen molar-refractivity contribution in [2.24, 2.45) is 0 Å². The van der Waals surface area contributed by atoms with E-state index in [0.29, 0.717) is 0 Å². The van der Waals surface area contributed by atoms with Crippen molar-refractivity contribution < 1.29 is 0 Å². The maximum atomic E-state index is 2.99. The Bertz CT molecular complexity index is 140. The quantitative estimate of drug-likeness (QED) is 0.625. The van der Waals surface area contributed by atoms with E-state index in [4.69, 9.17) is 0 Å². The van der Waals surface area contributed by atoms with Crippen molar-refractivity contribution in [3.8, 4) is 0 Å². The fourth-order valence-electron chi connectivity index (χ4n) is 0.423. The van der Waals surface area contributed by atoms with Gasteiger partial charge in [0.1, 0.15) is 0 Å². The van der Waals surface area contributed by atoms with Crippen LogP contribution in [0, 0.1) is 10.5 Å². The van der Waals surface area contributed by atoms with E-state index in [1.807, 2.05) is 12.4 Å². The molecule has 1 aromatic heterocycles. The Morgan fingerprint density at radius 1 is 1.57 bits per heavy atom. The molecule has 0 aliphatic heterocycles.